The van der Waals surface area contributed by atoms with E-state index in [9.17, 15) is 4.79 Å². The molecular formula is C21H22N2O2S. The van der Waals surface area contributed by atoms with Gasteiger partial charge in [-0.2, -0.15) is 0 Å². The minimum Gasteiger partial charge on any atom is -0.450 e. The second kappa shape index (κ2) is 7.46. The predicted molar refractivity (Wildman–Crippen MR) is 105 cm³/mol. The summed E-state index contributed by atoms with van der Waals surface area (Å²) in [7, 11) is 0. The third-order valence-electron chi connectivity index (χ3n) is 4.74. The number of fused-ring (bicyclic) bond motifs is 2. The van der Waals surface area contributed by atoms with Gasteiger partial charge in [0.25, 0.3) is 0 Å². The SMILES string of the molecule is CCOC(=O)N1CCN(C2=Cc3ccccc3Sc3ccccc32)CC1. The topological polar surface area (TPSA) is 32.8 Å². The van der Waals surface area contributed by atoms with Gasteiger partial charge in [0.15, 0.2) is 0 Å². The Bertz CT molecular complexity index is 841. The highest BCUT2D eigenvalue weighted by molar-refractivity contribution is 7.99. The molecule has 2 heterocycles. The average Bonchev–Trinajstić information content (AvgIpc) is 2.85. The number of ether oxygens (including phenoxy) is 1. The Labute approximate surface area is 158 Å². The van der Waals surface area contributed by atoms with Crippen LogP contribution in [0.3, 0.4) is 0 Å². The monoisotopic (exact) mass is 366 g/mol. The van der Waals surface area contributed by atoms with E-state index in [-0.39, 0.29) is 6.09 Å². The molecule has 5 heteroatoms. The molecular weight excluding hydrogens is 344 g/mol. The van der Waals surface area contributed by atoms with Crippen LogP contribution in [0.2, 0.25) is 0 Å². The molecule has 0 spiro atoms. The Kier molecular flexibility index (Phi) is 4.89. The van der Waals surface area contributed by atoms with Crippen molar-refractivity contribution in [3.63, 3.8) is 0 Å². The molecule has 0 atom stereocenters. The van der Waals surface area contributed by atoms with Crippen molar-refractivity contribution >= 4 is 29.6 Å². The normalized spacial score (nSPS) is 16.3. The van der Waals surface area contributed by atoms with E-state index in [1.807, 2.05) is 18.7 Å². The van der Waals surface area contributed by atoms with E-state index in [0.717, 1.165) is 13.1 Å². The molecule has 4 nitrogen and oxygen atoms in total. The lowest BCUT2D eigenvalue weighted by Crippen LogP contribution is -2.48. The van der Waals surface area contributed by atoms with Crippen molar-refractivity contribution in [3.8, 4) is 0 Å². The molecule has 1 amide bonds. The Morgan fingerprint density at radius 3 is 2.46 bits per heavy atom. The molecule has 0 saturated carbocycles. The van der Waals surface area contributed by atoms with Crippen molar-refractivity contribution in [2.75, 3.05) is 32.8 Å². The van der Waals surface area contributed by atoms with Crippen LogP contribution in [-0.4, -0.2) is 48.7 Å². The fraction of sp³-hybridized carbons (Fsp3) is 0.286. The van der Waals surface area contributed by atoms with Gasteiger partial charge in [-0.1, -0.05) is 48.2 Å². The standard InChI is InChI=1S/C21H22N2O2S/c1-2-25-21(24)23-13-11-22(12-14-23)18-15-16-7-3-5-9-19(16)26-20-10-6-4-8-17(18)20/h3-10,15H,2,11-14H2,1H3. The van der Waals surface area contributed by atoms with Gasteiger partial charge in [0.2, 0.25) is 0 Å². The second-order valence-electron chi connectivity index (χ2n) is 6.34. The van der Waals surface area contributed by atoms with Gasteiger partial charge in [0, 0.05) is 47.2 Å². The van der Waals surface area contributed by atoms with Crippen LogP contribution in [0.4, 0.5) is 4.79 Å². The summed E-state index contributed by atoms with van der Waals surface area (Å²) >= 11 is 1.82. The molecule has 0 radical (unpaired) electrons. The fourth-order valence-corrected chi connectivity index (χ4v) is 4.47. The first-order valence-electron chi connectivity index (χ1n) is 9.01. The quantitative estimate of drug-likeness (QED) is 0.787. The van der Waals surface area contributed by atoms with Gasteiger partial charge in [-0.05, 0) is 30.7 Å². The number of amides is 1. The number of rotatable bonds is 2. The predicted octanol–water partition coefficient (Wildman–Crippen LogP) is 4.42. The van der Waals surface area contributed by atoms with Gasteiger partial charge < -0.3 is 14.5 Å². The van der Waals surface area contributed by atoms with Crippen molar-refractivity contribution < 1.29 is 9.53 Å². The third-order valence-corrected chi connectivity index (χ3v) is 5.91. The van der Waals surface area contributed by atoms with Gasteiger partial charge in [-0.3, -0.25) is 0 Å². The Morgan fingerprint density at radius 1 is 1.00 bits per heavy atom. The van der Waals surface area contributed by atoms with E-state index in [1.165, 1.54) is 26.6 Å². The number of nitrogens with zero attached hydrogens (tertiary/aromatic N) is 2. The van der Waals surface area contributed by atoms with Crippen molar-refractivity contribution in [1.82, 2.24) is 9.80 Å². The summed E-state index contributed by atoms with van der Waals surface area (Å²) in [6.07, 6.45) is 2.08. The van der Waals surface area contributed by atoms with Crippen molar-refractivity contribution in [3.05, 3.63) is 59.7 Å². The van der Waals surface area contributed by atoms with Crippen LogP contribution in [0, 0.1) is 0 Å². The second-order valence-corrected chi connectivity index (χ2v) is 7.42. The molecule has 134 valence electrons. The third kappa shape index (κ3) is 3.31. The Balaban J connectivity index is 1.63. The molecule has 2 aliphatic rings. The van der Waals surface area contributed by atoms with E-state index in [2.05, 4.69) is 59.5 Å². The van der Waals surface area contributed by atoms with Gasteiger partial charge in [0.1, 0.15) is 0 Å². The minimum absolute atomic E-state index is 0.205. The number of carbonyl (C=O) groups is 1. The van der Waals surface area contributed by atoms with E-state index >= 15 is 0 Å². The highest BCUT2D eigenvalue weighted by Crippen LogP contribution is 2.41. The number of hydrogen-bond acceptors (Lipinski definition) is 4. The number of hydrogen-bond donors (Lipinski definition) is 0. The van der Waals surface area contributed by atoms with Gasteiger partial charge in [-0.15, -0.1) is 0 Å². The van der Waals surface area contributed by atoms with Crippen molar-refractivity contribution in [2.45, 2.75) is 16.7 Å². The molecule has 4 rings (SSSR count). The van der Waals surface area contributed by atoms with Crippen LogP contribution in [0.5, 0.6) is 0 Å². The summed E-state index contributed by atoms with van der Waals surface area (Å²) in [5, 5.41) is 0. The maximum atomic E-state index is 12.0. The Morgan fingerprint density at radius 2 is 1.69 bits per heavy atom. The molecule has 0 aliphatic carbocycles. The van der Waals surface area contributed by atoms with Gasteiger partial charge in [-0.25, -0.2) is 4.79 Å². The lowest BCUT2D eigenvalue weighted by atomic mass is 10.1. The largest absolute Gasteiger partial charge is 0.450 e. The molecule has 0 N–H and O–H groups in total. The first-order chi connectivity index (χ1) is 12.8. The Hall–Kier alpha value is -2.40. The molecule has 1 saturated heterocycles. The fourth-order valence-electron chi connectivity index (χ4n) is 3.41. The summed E-state index contributed by atoms with van der Waals surface area (Å²) in [6.45, 7) is 5.26. The molecule has 0 bridgehead atoms. The summed E-state index contributed by atoms with van der Waals surface area (Å²) in [5.74, 6) is 0. The van der Waals surface area contributed by atoms with Crippen LogP contribution in [-0.2, 0) is 4.74 Å². The molecule has 0 aromatic heterocycles. The van der Waals surface area contributed by atoms with E-state index in [0.29, 0.717) is 19.7 Å². The average molecular weight is 366 g/mol. The summed E-state index contributed by atoms with van der Waals surface area (Å²) in [4.78, 5) is 18.7. The van der Waals surface area contributed by atoms with E-state index in [4.69, 9.17) is 4.74 Å². The van der Waals surface area contributed by atoms with Crippen molar-refractivity contribution in [2.24, 2.45) is 0 Å². The molecule has 0 unspecified atom stereocenters. The molecule has 2 aromatic rings. The van der Waals surface area contributed by atoms with Gasteiger partial charge >= 0.3 is 6.09 Å². The summed E-state index contributed by atoms with van der Waals surface area (Å²) in [5.41, 5.74) is 3.75. The number of benzene rings is 2. The van der Waals surface area contributed by atoms with Crippen LogP contribution >= 0.6 is 11.8 Å². The first-order valence-corrected chi connectivity index (χ1v) is 9.82. The van der Waals surface area contributed by atoms with Crippen LogP contribution in [0.25, 0.3) is 11.8 Å². The van der Waals surface area contributed by atoms with E-state index < -0.39 is 0 Å². The van der Waals surface area contributed by atoms with Crippen LogP contribution in [0.15, 0.2) is 58.3 Å². The summed E-state index contributed by atoms with van der Waals surface area (Å²) in [6, 6.07) is 17.1. The lowest BCUT2D eigenvalue weighted by Gasteiger charge is -2.37. The molecule has 2 aliphatic heterocycles. The molecule has 1 fully saturated rings. The maximum absolute atomic E-state index is 12.0. The maximum Gasteiger partial charge on any atom is 0.409 e. The first kappa shape index (κ1) is 17.0. The zero-order chi connectivity index (χ0) is 17.9. The van der Waals surface area contributed by atoms with Crippen molar-refractivity contribution in [1.29, 1.82) is 0 Å². The van der Waals surface area contributed by atoms with Crippen LogP contribution < -0.4 is 0 Å². The highest BCUT2D eigenvalue weighted by atomic mass is 32.2. The summed E-state index contributed by atoms with van der Waals surface area (Å²) < 4.78 is 5.14. The zero-order valence-corrected chi connectivity index (χ0v) is 15.7. The highest BCUT2D eigenvalue weighted by Gasteiger charge is 2.26. The zero-order valence-electron chi connectivity index (χ0n) is 14.9. The lowest BCUT2D eigenvalue weighted by molar-refractivity contribution is 0.0907. The molecule has 26 heavy (non-hydrogen) atoms. The van der Waals surface area contributed by atoms with Crippen LogP contribution in [0.1, 0.15) is 18.1 Å². The minimum atomic E-state index is -0.205. The van der Waals surface area contributed by atoms with E-state index in [1.54, 1.807) is 4.90 Å². The number of carbonyl (C=O) groups excluding carboxylic acids is 1. The number of piperazine rings is 1. The van der Waals surface area contributed by atoms with Gasteiger partial charge in [0.05, 0.1) is 6.61 Å². The molecule has 2 aromatic carbocycles. The smallest absolute Gasteiger partial charge is 0.409 e.